The number of carbonyl (C=O) groups is 1. The summed E-state index contributed by atoms with van der Waals surface area (Å²) in [6.45, 7) is 1.76. The van der Waals surface area contributed by atoms with Crippen molar-refractivity contribution >= 4 is 21.9 Å². The Labute approximate surface area is 102 Å². The predicted octanol–water partition coefficient (Wildman–Crippen LogP) is 1.55. The molecule has 0 aliphatic rings. The maximum Gasteiger partial charge on any atom is 0.320 e. The molecular formula is C11H14BrNO3. The van der Waals surface area contributed by atoms with Crippen molar-refractivity contribution in [3.63, 3.8) is 0 Å². The first kappa shape index (κ1) is 13.2. The number of benzene rings is 1. The second kappa shape index (κ2) is 5.98. The fourth-order valence-electron chi connectivity index (χ4n) is 1.18. The first-order valence-electron chi connectivity index (χ1n) is 4.90. The number of carboxylic acid groups (broad SMARTS) is 1. The second-order valence-electron chi connectivity index (χ2n) is 3.54. The molecule has 0 amide bonds. The Hall–Kier alpha value is -0.910. The molecule has 1 aromatic rings. The van der Waals surface area contributed by atoms with Crippen LogP contribution >= 0.6 is 15.9 Å². The molecule has 0 saturated heterocycles. The lowest BCUT2D eigenvalue weighted by Gasteiger charge is -2.14. The van der Waals surface area contributed by atoms with Crippen LogP contribution in [0.25, 0.3) is 0 Å². The van der Waals surface area contributed by atoms with Crippen molar-refractivity contribution < 1.29 is 15.0 Å². The van der Waals surface area contributed by atoms with E-state index in [1.807, 2.05) is 12.1 Å². The van der Waals surface area contributed by atoms with E-state index in [2.05, 4.69) is 21.2 Å². The highest BCUT2D eigenvalue weighted by Crippen LogP contribution is 2.16. The van der Waals surface area contributed by atoms with Crippen molar-refractivity contribution in [3.8, 4) is 0 Å². The van der Waals surface area contributed by atoms with Gasteiger partial charge in [-0.3, -0.25) is 4.79 Å². The van der Waals surface area contributed by atoms with Gasteiger partial charge in [-0.2, -0.15) is 0 Å². The predicted molar refractivity (Wildman–Crippen MR) is 64.2 cm³/mol. The van der Waals surface area contributed by atoms with Gasteiger partial charge >= 0.3 is 5.97 Å². The van der Waals surface area contributed by atoms with E-state index < -0.39 is 18.1 Å². The van der Waals surface area contributed by atoms with Gasteiger partial charge in [0, 0.05) is 11.0 Å². The zero-order valence-corrected chi connectivity index (χ0v) is 10.4. The van der Waals surface area contributed by atoms with Crippen molar-refractivity contribution in [1.29, 1.82) is 0 Å². The minimum Gasteiger partial charge on any atom is -0.480 e. The van der Waals surface area contributed by atoms with E-state index in [1.165, 1.54) is 6.92 Å². The third kappa shape index (κ3) is 3.92. The van der Waals surface area contributed by atoms with Gasteiger partial charge in [-0.1, -0.05) is 28.1 Å². The summed E-state index contributed by atoms with van der Waals surface area (Å²) in [4.78, 5) is 10.5. The van der Waals surface area contributed by atoms with Crippen LogP contribution in [0.4, 0.5) is 0 Å². The molecule has 2 atom stereocenters. The molecule has 1 rings (SSSR count). The fraction of sp³-hybridized carbons (Fsp3) is 0.364. The number of halogens is 1. The zero-order valence-electron chi connectivity index (χ0n) is 8.85. The molecule has 4 nitrogen and oxygen atoms in total. The standard InChI is InChI=1S/C11H14BrNO3/c1-7(11(15)16)13-6-10(14)8-2-4-9(12)5-3-8/h2-5,7,10,13-14H,6H2,1H3,(H,15,16). The minimum atomic E-state index is -0.928. The number of carboxylic acids is 1. The van der Waals surface area contributed by atoms with E-state index >= 15 is 0 Å². The Balaban J connectivity index is 2.49. The van der Waals surface area contributed by atoms with Gasteiger partial charge in [0.2, 0.25) is 0 Å². The molecule has 0 radical (unpaired) electrons. The van der Waals surface area contributed by atoms with Crippen LogP contribution in [0.2, 0.25) is 0 Å². The molecular weight excluding hydrogens is 274 g/mol. The maximum absolute atomic E-state index is 10.5. The number of hydrogen-bond acceptors (Lipinski definition) is 3. The summed E-state index contributed by atoms with van der Waals surface area (Å²) < 4.78 is 0.940. The first-order chi connectivity index (χ1) is 7.50. The van der Waals surface area contributed by atoms with Crippen molar-refractivity contribution in [2.24, 2.45) is 0 Å². The molecule has 88 valence electrons. The molecule has 0 saturated carbocycles. The number of aliphatic hydroxyl groups excluding tert-OH is 1. The lowest BCUT2D eigenvalue weighted by molar-refractivity contribution is -0.139. The van der Waals surface area contributed by atoms with Gasteiger partial charge in [0.15, 0.2) is 0 Å². The van der Waals surface area contributed by atoms with Gasteiger partial charge in [-0.25, -0.2) is 0 Å². The maximum atomic E-state index is 10.5. The lowest BCUT2D eigenvalue weighted by atomic mass is 10.1. The summed E-state index contributed by atoms with van der Waals surface area (Å²) in [5.41, 5.74) is 0.758. The number of aliphatic carboxylic acids is 1. The van der Waals surface area contributed by atoms with E-state index in [4.69, 9.17) is 5.11 Å². The summed E-state index contributed by atoms with van der Waals surface area (Å²) in [5, 5.41) is 21.2. The lowest BCUT2D eigenvalue weighted by Crippen LogP contribution is -2.36. The van der Waals surface area contributed by atoms with Crippen LogP contribution in [0.15, 0.2) is 28.7 Å². The molecule has 0 bridgehead atoms. The van der Waals surface area contributed by atoms with Crippen molar-refractivity contribution in [2.75, 3.05) is 6.54 Å². The van der Waals surface area contributed by atoms with E-state index in [0.717, 1.165) is 10.0 Å². The average Bonchev–Trinajstić information content (AvgIpc) is 2.26. The highest BCUT2D eigenvalue weighted by Gasteiger charge is 2.13. The van der Waals surface area contributed by atoms with Crippen LogP contribution in [0, 0.1) is 0 Å². The Kier molecular flexibility index (Phi) is 4.92. The fourth-order valence-corrected chi connectivity index (χ4v) is 1.44. The van der Waals surface area contributed by atoms with Crippen LogP contribution in [0.3, 0.4) is 0 Å². The normalized spacial score (nSPS) is 14.4. The third-order valence-corrected chi connectivity index (χ3v) is 2.77. The van der Waals surface area contributed by atoms with Gasteiger partial charge < -0.3 is 15.5 Å². The number of nitrogens with one attached hydrogen (secondary N) is 1. The van der Waals surface area contributed by atoms with E-state index in [0.29, 0.717) is 0 Å². The van der Waals surface area contributed by atoms with E-state index in [9.17, 15) is 9.90 Å². The Morgan fingerprint density at radius 3 is 2.50 bits per heavy atom. The zero-order chi connectivity index (χ0) is 12.1. The molecule has 0 aliphatic heterocycles. The van der Waals surface area contributed by atoms with Gasteiger partial charge in [0.1, 0.15) is 6.04 Å². The summed E-state index contributed by atoms with van der Waals surface area (Å²) in [7, 11) is 0. The molecule has 0 spiro atoms. The number of hydrogen-bond donors (Lipinski definition) is 3. The number of aliphatic hydroxyl groups is 1. The van der Waals surface area contributed by atoms with Crippen molar-refractivity contribution in [1.82, 2.24) is 5.32 Å². The number of rotatable bonds is 5. The van der Waals surface area contributed by atoms with Crippen LogP contribution < -0.4 is 5.32 Å². The van der Waals surface area contributed by atoms with Gasteiger partial charge in [-0.15, -0.1) is 0 Å². The van der Waals surface area contributed by atoms with Crippen LogP contribution in [0.1, 0.15) is 18.6 Å². The molecule has 0 heterocycles. The van der Waals surface area contributed by atoms with E-state index in [1.54, 1.807) is 12.1 Å². The highest BCUT2D eigenvalue weighted by atomic mass is 79.9. The summed E-state index contributed by atoms with van der Waals surface area (Å²) in [6, 6.07) is 6.59. The molecule has 5 heteroatoms. The van der Waals surface area contributed by atoms with Crippen LogP contribution in [0.5, 0.6) is 0 Å². The largest absolute Gasteiger partial charge is 0.480 e. The average molecular weight is 288 g/mol. The molecule has 1 aromatic carbocycles. The molecule has 16 heavy (non-hydrogen) atoms. The van der Waals surface area contributed by atoms with Crippen LogP contribution in [-0.4, -0.2) is 28.8 Å². The Bertz CT molecular complexity index is 353. The van der Waals surface area contributed by atoms with Crippen molar-refractivity contribution in [3.05, 3.63) is 34.3 Å². The summed E-state index contributed by atoms with van der Waals surface area (Å²) in [5.74, 6) is -0.928. The molecule has 0 aromatic heterocycles. The first-order valence-corrected chi connectivity index (χ1v) is 5.69. The van der Waals surface area contributed by atoms with Gasteiger partial charge in [0.25, 0.3) is 0 Å². The Morgan fingerprint density at radius 1 is 1.44 bits per heavy atom. The molecule has 0 aliphatic carbocycles. The topological polar surface area (TPSA) is 69.6 Å². The monoisotopic (exact) mass is 287 g/mol. The molecule has 2 unspecified atom stereocenters. The molecule has 0 fully saturated rings. The quantitative estimate of drug-likeness (QED) is 0.769. The minimum absolute atomic E-state index is 0.217. The summed E-state index contributed by atoms with van der Waals surface area (Å²) >= 11 is 3.30. The third-order valence-electron chi connectivity index (χ3n) is 2.24. The Morgan fingerprint density at radius 2 is 2.00 bits per heavy atom. The van der Waals surface area contributed by atoms with Gasteiger partial charge in [0.05, 0.1) is 6.10 Å². The van der Waals surface area contributed by atoms with Gasteiger partial charge in [-0.05, 0) is 24.6 Å². The molecule has 3 N–H and O–H groups in total. The van der Waals surface area contributed by atoms with Crippen molar-refractivity contribution in [2.45, 2.75) is 19.1 Å². The summed E-state index contributed by atoms with van der Waals surface area (Å²) in [6.07, 6.45) is -0.699. The second-order valence-corrected chi connectivity index (χ2v) is 4.45. The van der Waals surface area contributed by atoms with E-state index in [-0.39, 0.29) is 6.54 Å². The van der Waals surface area contributed by atoms with Crippen LogP contribution in [-0.2, 0) is 4.79 Å². The highest BCUT2D eigenvalue weighted by molar-refractivity contribution is 9.10. The smallest absolute Gasteiger partial charge is 0.320 e. The SMILES string of the molecule is CC(NCC(O)c1ccc(Br)cc1)C(=O)O.